The van der Waals surface area contributed by atoms with Crippen LogP contribution in [0.5, 0.6) is 0 Å². The van der Waals surface area contributed by atoms with E-state index < -0.39 is 17.8 Å². The molecule has 1 aliphatic carbocycles. The molecule has 0 radical (unpaired) electrons. The minimum atomic E-state index is -0.658. The second kappa shape index (κ2) is 8.05. The van der Waals surface area contributed by atoms with Crippen LogP contribution in [0.4, 0.5) is 4.79 Å². The van der Waals surface area contributed by atoms with Gasteiger partial charge >= 0.3 is 12.0 Å². The van der Waals surface area contributed by atoms with E-state index in [0.29, 0.717) is 11.1 Å². The highest BCUT2D eigenvalue weighted by Gasteiger charge is 2.38. The summed E-state index contributed by atoms with van der Waals surface area (Å²) in [5.41, 5.74) is 3.93. The lowest BCUT2D eigenvalue weighted by molar-refractivity contribution is -0.134. The van der Waals surface area contributed by atoms with Crippen LogP contribution in [0.15, 0.2) is 11.6 Å². The number of fused-ring (bicyclic) bond motifs is 1. The highest BCUT2D eigenvalue weighted by Crippen LogP contribution is 2.39. The lowest BCUT2D eigenvalue weighted by atomic mass is 9.95. The molecule has 0 N–H and O–H groups in total. The number of urea groups is 1. The van der Waals surface area contributed by atoms with Crippen molar-refractivity contribution in [1.82, 2.24) is 14.4 Å². The predicted octanol–water partition coefficient (Wildman–Crippen LogP) is 3.25. The van der Waals surface area contributed by atoms with Crippen molar-refractivity contribution >= 4 is 41.2 Å². The Labute approximate surface area is 190 Å². The molecule has 2 aromatic rings. The van der Waals surface area contributed by atoms with Crippen molar-refractivity contribution < 1.29 is 23.9 Å². The van der Waals surface area contributed by atoms with Gasteiger partial charge in [0, 0.05) is 30.4 Å². The van der Waals surface area contributed by atoms with Gasteiger partial charge in [-0.2, -0.15) is 0 Å². The van der Waals surface area contributed by atoms with Gasteiger partial charge in [-0.3, -0.25) is 19.4 Å². The number of hydrogen-bond acceptors (Lipinski definition) is 6. The molecule has 0 atom stereocenters. The molecule has 2 aromatic heterocycles. The number of esters is 1. The third-order valence-electron chi connectivity index (χ3n) is 6.16. The van der Waals surface area contributed by atoms with Gasteiger partial charge in [-0.15, -0.1) is 11.3 Å². The molecular weight excluding hydrogens is 430 g/mol. The molecule has 9 heteroatoms. The van der Waals surface area contributed by atoms with Crippen LogP contribution in [0.2, 0.25) is 0 Å². The average Bonchev–Trinajstić information content (AvgIpc) is 3.29. The molecule has 0 spiro atoms. The molecule has 0 unspecified atom stereocenters. The van der Waals surface area contributed by atoms with Crippen molar-refractivity contribution in [2.75, 3.05) is 21.2 Å². The van der Waals surface area contributed by atoms with E-state index in [2.05, 4.69) is 0 Å². The van der Waals surface area contributed by atoms with Crippen LogP contribution >= 0.6 is 11.3 Å². The standard InChI is InChI=1S/C23H25N3O5S/c1-12-10-14(11-16-19(27)24(3)23(30)25(4)20(16)28)13(2)26(12)21-18(22(29)31-5)15-8-6-7-9-17(15)32-21/h10-11H,6-9H2,1-5H3. The van der Waals surface area contributed by atoms with E-state index in [0.717, 1.165) is 57.4 Å². The number of imide groups is 2. The van der Waals surface area contributed by atoms with E-state index >= 15 is 0 Å². The fourth-order valence-electron chi connectivity index (χ4n) is 4.40. The predicted molar refractivity (Wildman–Crippen MR) is 120 cm³/mol. The Morgan fingerprint density at radius 3 is 2.31 bits per heavy atom. The summed E-state index contributed by atoms with van der Waals surface area (Å²) in [7, 11) is 4.09. The van der Waals surface area contributed by atoms with E-state index in [4.69, 9.17) is 4.74 Å². The maximum absolute atomic E-state index is 12.7. The number of thiophene rings is 1. The average molecular weight is 456 g/mol. The van der Waals surface area contributed by atoms with Gasteiger partial charge in [-0.1, -0.05) is 0 Å². The first-order chi connectivity index (χ1) is 15.2. The van der Waals surface area contributed by atoms with Crippen molar-refractivity contribution in [2.45, 2.75) is 39.5 Å². The molecule has 1 aliphatic heterocycles. The summed E-state index contributed by atoms with van der Waals surface area (Å²) >= 11 is 1.60. The van der Waals surface area contributed by atoms with Crippen molar-refractivity contribution in [3.63, 3.8) is 0 Å². The lowest BCUT2D eigenvalue weighted by Gasteiger charge is -2.28. The van der Waals surface area contributed by atoms with Crippen LogP contribution in [-0.4, -0.2) is 59.4 Å². The Kier molecular flexibility index (Phi) is 5.54. The van der Waals surface area contributed by atoms with Gasteiger partial charge in [0.1, 0.15) is 10.6 Å². The first-order valence-electron chi connectivity index (χ1n) is 10.4. The number of aromatic nitrogens is 1. The Morgan fingerprint density at radius 2 is 1.69 bits per heavy atom. The fourth-order valence-corrected chi connectivity index (χ4v) is 5.89. The van der Waals surface area contributed by atoms with E-state index in [1.165, 1.54) is 32.2 Å². The second-order valence-electron chi connectivity index (χ2n) is 8.11. The number of carbonyl (C=O) groups is 4. The number of barbiturate groups is 1. The van der Waals surface area contributed by atoms with Gasteiger partial charge in [0.15, 0.2) is 0 Å². The zero-order valence-corrected chi connectivity index (χ0v) is 19.6. The largest absolute Gasteiger partial charge is 0.465 e. The molecule has 0 bridgehead atoms. The summed E-state index contributed by atoms with van der Waals surface area (Å²) in [6, 6.07) is 1.22. The smallest absolute Gasteiger partial charge is 0.341 e. The number of methoxy groups -OCH3 is 1. The number of ether oxygens (including phenoxy) is 1. The lowest BCUT2D eigenvalue weighted by Crippen LogP contribution is -2.52. The molecule has 2 aliphatic rings. The number of carbonyl (C=O) groups excluding carboxylic acids is 4. The van der Waals surface area contributed by atoms with Gasteiger partial charge < -0.3 is 9.30 Å². The Balaban J connectivity index is 1.86. The molecule has 3 heterocycles. The first-order valence-corrected chi connectivity index (χ1v) is 11.2. The van der Waals surface area contributed by atoms with Crippen LogP contribution in [-0.2, 0) is 27.2 Å². The van der Waals surface area contributed by atoms with Crippen molar-refractivity contribution in [3.8, 4) is 5.00 Å². The van der Waals surface area contributed by atoms with Gasteiger partial charge in [0.25, 0.3) is 11.8 Å². The molecule has 168 valence electrons. The molecule has 0 saturated carbocycles. The Morgan fingerprint density at radius 1 is 1.06 bits per heavy atom. The number of amides is 4. The minimum Gasteiger partial charge on any atom is -0.465 e. The van der Waals surface area contributed by atoms with Gasteiger partial charge in [0.05, 0.1) is 12.7 Å². The Hall–Kier alpha value is -3.20. The molecule has 1 fully saturated rings. The summed E-state index contributed by atoms with van der Waals surface area (Å²) in [6.07, 6.45) is 5.45. The Bertz CT molecular complexity index is 1180. The highest BCUT2D eigenvalue weighted by molar-refractivity contribution is 7.15. The summed E-state index contributed by atoms with van der Waals surface area (Å²) < 4.78 is 7.09. The fraction of sp³-hybridized carbons (Fsp3) is 0.391. The maximum Gasteiger partial charge on any atom is 0.341 e. The zero-order chi connectivity index (χ0) is 23.3. The topological polar surface area (TPSA) is 88.9 Å². The quantitative estimate of drug-likeness (QED) is 0.403. The molecule has 4 amide bonds. The third kappa shape index (κ3) is 3.28. The van der Waals surface area contributed by atoms with Gasteiger partial charge in [-0.05, 0) is 62.8 Å². The monoisotopic (exact) mass is 455 g/mol. The summed E-state index contributed by atoms with van der Waals surface area (Å²) in [5, 5.41) is 0.800. The maximum atomic E-state index is 12.7. The molecule has 8 nitrogen and oxygen atoms in total. The van der Waals surface area contributed by atoms with Gasteiger partial charge in [0.2, 0.25) is 0 Å². The number of hydrogen-bond donors (Lipinski definition) is 0. The van der Waals surface area contributed by atoms with Gasteiger partial charge in [-0.25, -0.2) is 9.59 Å². The van der Waals surface area contributed by atoms with Crippen molar-refractivity contribution in [2.24, 2.45) is 0 Å². The molecule has 0 aromatic carbocycles. The van der Waals surface area contributed by atoms with Crippen LogP contribution in [0.25, 0.3) is 11.1 Å². The third-order valence-corrected chi connectivity index (χ3v) is 7.44. The van der Waals surface area contributed by atoms with Crippen LogP contribution in [0, 0.1) is 13.8 Å². The molecule has 4 rings (SSSR count). The van der Waals surface area contributed by atoms with Crippen molar-refractivity contribution in [1.29, 1.82) is 0 Å². The molecule has 32 heavy (non-hydrogen) atoms. The zero-order valence-electron chi connectivity index (χ0n) is 18.8. The van der Waals surface area contributed by atoms with E-state index in [1.54, 1.807) is 11.3 Å². The first kappa shape index (κ1) is 22.0. The normalized spacial score (nSPS) is 16.5. The van der Waals surface area contributed by atoms with E-state index in [-0.39, 0.29) is 11.5 Å². The number of rotatable bonds is 3. The SMILES string of the molecule is COC(=O)c1c(-n2c(C)cc(C=C3C(=O)N(C)C(=O)N(C)C3=O)c2C)sc2c1CCCC2. The summed E-state index contributed by atoms with van der Waals surface area (Å²) in [6.45, 7) is 3.80. The summed E-state index contributed by atoms with van der Waals surface area (Å²) in [5.74, 6) is -1.62. The second-order valence-corrected chi connectivity index (χ2v) is 9.20. The van der Waals surface area contributed by atoms with Crippen LogP contribution in [0.1, 0.15) is 50.6 Å². The highest BCUT2D eigenvalue weighted by atomic mass is 32.1. The van der Waals surface area contributed by atoms with E-state index in [1.807, 2.05) is 24.5 Å². The minimum absolute atomic E-state index is 0.0754. The van der Waals surface area contributed by atoms with Crippen LogP contribution in [0.3, 0.4) is 0 Å². The number of nitrogens with zero attached hydrogens (tertiary/aromatic N) is 3. The van der Waals surface area contributed by atoms with Crippen LogP contribution < -0.4 is 0 Å². The number of likely N-dealkylation sites (N-methyl/N-ethyl adjacent to an activating group) is 2. The summed E-state index contributed by atoms with van der Waals surface area (Å²) in [4.78, 5) is 53.0. The van der Waals surface area contributed by atoms with Crippen molar-refractivity contribution in [3.05, 3.63) is 44.6 Å². The van der Waals surface area contributed by atoms with E-state index in [9.17, 15) is 19.2 Å². The number of aryl methyl sites for hydroxylation is 2. The molecule has 1 saturated heterocycles. The molecular formula is C23H25N3O5S.